The lowest BCUT2D eigenvalue weighted by molar-refractivity contribution is 0.353. The van der Waals surface area contributed by atoms with E-state index in [0.717, 1.165) is 81.9 Å². The summed E-state index contributed by atoms with van der Waals surface area (Å²) in [6.07, 6.45) is 6.26. The number of aromatic nitrogens is 2. The van der Waals surface area contributed by atoms with Crippen LogP contribution in [0.2, 0.25) is 0 Å². The van der Waals surface area contributed by atoms with Gasteiger partial charge >= 0.3 is 0 Å². The number of rotatable bonds is 3. The molecule has 4 aromatic heterocycles. The van der Waals surface area contributed by atoms with E-state index in [4.69, 9.17) is 18.8 Å². The number of nitrogens with zero attached hydrogens (tertiary/aromatic N) is 2. The van der Waals surface area contributed by atoms with Gasteiger partial charge < -0.3 is 8.83 Å². The van der Waals surface area contributed by atoms with Crippen LogP contribution in [-0.4, -0.2) is 9.97 Å². The molecular weight excluding hydrogens is 717 g/mol. The summed E-state index contributed by atoms with van der Waals surface area (Å²) in [6, 6.07) is 52.3. The maximum atomic E-state index is 7.13. The fourth-order valence-corrected chi connectivity index (χ4v) is 11.6. The van der Waals surface area contributed by atoms with Gasteiger partial charge in [-0.2, -0.15) is 0 Å². The molecular formula is C52H34N2O2S. The zero-order chi connectivity index (χ0) is 37.2. The third-order valence-electron chi connectivity index (χ3n) is 12.9. The Morgan fingerprint density at radius 3 is 2.05 bits per heavy atom. The number of hydrogen-bond acceptors (Lipinski definition) is 5. The van der Waals surface area contributed by atoms with Crippen molar-refractivity contribution in [1.82, 2.24) is 9.97 Å². The predicted molar refractivity (Wildman–Crippen MR) is 235 cm³/mol. The summed E-state index contributed by atoms with van der Waals surface area (Å²) < 4.78 is 15.7. The van der Waals surface area contributed by atoms with Gasteiger partial charge in [0.05, 0.1) is 21.5 Å². The van der Waals surface area contributed by atoms with Crippen LogP contribution in [0.1, 0.15) is 43.2 Å². The molecule has 0 radical (unpaired) electrons. The van der Waals surface area contributed by atoms with Crippen molar-refractivity contribution >= 4 is 75.5 Å². The van der Waals surface area contributed by atoms with Gasteiger partial charge in [0.1, 0.15) is 22.3 Å². The Kier molecular flexibility index (Phi) is 6.51. The minimum absolute atomic E-state index is 0.0869. The van der Waals surface area contributed by atoms with Crippen LogP contribution in [0.4, 0.5) is 0 Å². The third-order valence-corrected chi connectivity index (χ3v) is 14.1. The van der Waals surface area contributed by atoms with E-state index in [0.29, 0.717) is 5.82 Å². The zero-order valence-corrected chi connectivity index (χ0v) is 31.8. The fraction of sp³-hybridized carbons (Fsp3) is 0.115. The van der Waals surface area contributed by atoms with Crippen molar-refractivity contribution in [2.45, 2.75) is 37.5 Å². The van der Waals surface area contributed by atoms with Crippen LogP contribution >= 0.6 is 11.3 Å². The van der Waals surface area contributed by atoms with Crippen molar-refractivity contribution in [3.63, 3.8) is 0 Å². The third kappa shape index (κ3) is 4.38. The van der Waals surface area contributed by atoms with E-state index in [2.05, 4.69) is 133 Å². The second-order valence-electron chi connectivity index (χ2n) is 15.9. The monoisotopic (exact) mass is 750 g/mol. The summed E-state index contributed by atoms with van der Waals surface area (Å²) in [4.78, 5) is 10.8. The van der Waals surface area contributed by atoms with E-state index >= 15 is 0 Å². The first-order valence-electron chi connectivity index (χ1n) is 20.0. The number of para-hydroxylation sites is 3. The lowest BCUT2D eigenvalue weighted by atomic mass is 9.68. The molecule has 0 atom stereocenters. The molecule has 0 bridgehead atoms. The molecule has 4 nitrogen and oxygen atoms in total. The number of fused-ring (bicyclic) bond motifs is 14. The summed E-state index contributed by atoms with van der Waals surface area (Å²) >= 11 is 1.74. The van der Waals surface area contributed by atoms with Crippen LogP contribution in [0.25, 0.3) is 109 Å². The van der Waals surface area contributed by atoms with Gasteiger partial charge in [0.2, 0.25) is 0 Å². The summed E-state index contributed by atoms with van der Waals surface area (Å²) in [5.74, 6) is 0.644. The number of furan rings is 2. The second-order valence-corrected chi connectivity index (χ2v) is 16.9. The molecule has 4 heterocycles. The lowest BCUT2D eigenvalue weighted by Crippen LogP contribution is -2.27. The van der Waals surface area contributed by atoms with Gasteiger partial charge in [-0.15, -0.1) is 11.3 Å². The first-order chi connectivity index (χ1) is 28.2. The SMILES string of the molecule is c1ccc2c(c1)-c1c(-c3cccc4c3oc3c(-c5nc(-c6ccc7c(c6)oc6ccccc67)c6sc7ccccc7c6n5)cccc34)cccc1C21CCCCC1. The van der Waals surface area contributed by atoms with Gasteiger partial charge in [-0.25, -0.2) is 9.97 Å². The van der Waals surface area contributed by atoms with Crippen LogP contribution in [-0.2, 0) is 5.41 Å². The highest BCUT2D eigenvalue weighted by molar-refractivity contribution is 7.26. The standard InChI is InChI=1S/C52H34N2O2S/c1-8-27-52(28-9-1)40-21-5-2-14-37(40)45-33(16-12-22-41(45)52)34-17-10-18-35-36-19-11-20-39(49(36)56-48(34)35)51-53-46(50-47(54-51)38-15-4-7-24-44(38)57-50)30-25-26-32-31-13-3-6-23-42(31)55-43(32)29-30/h2-7,10-26,29H,1,8-9,27-28H2. The van der Waals surface area contributed by atoms with E-state index in [9.17, 15) is 0 Å². The van der Waals surface area contributed by atoms with Gasteiger partial charge in [-0.1, -0.05) is 135 Å². The summed E-state index contributed by atoms with van der Waals surface area (Å²) in [5.41, 5.74) is 15.3. The van der Waals surface area contributed by atoms with E-state index in [1.807, 2.05) is 12.1 Å². The topological polar surface area (TPSA) is 52.1 Å². The lowest BCUT2D eigenvalue weighted by Gasteiger charge is -2.36. The van der Waals surface area contributed by atoms with Crippen LogP contribution in [0.5, 0.6) is 0 Å². The van der Waals surface area contributed by atoms with Crippen LogP contribution < -0.4 is 0 Å². The van der Waals surface area contributed by atoms with Crippen molar-refractivity contribution in [2.75, 3.05) is 0 Å². The highest BCUT2D eigenvalue weighted by Crippen LogP contribution is 2.58. The van der Waals surface area contributed by atoms with Crippen LogP contribution in [0, 0.1) is 0 Å². The molecule has 7 aromatic carbocycles. The first kappa shape index (κ1) is 31.6. The highest BCUT2D eigenvalue weighted by Gasteiger charge is 2.44. The minimum Gasteiger partial charge on any atom is -0.456 e. The van der Waals surface area contributed by atoms with Crippen molar-refractivity contribution < 1.29 is 8.83 Å². The molecule has 13 rings (SSSR count). The molecule has 57 heavy (non-hydrogen) atoms. The quantitative estimate of drug-likeness (QED) is 0.180. The Labute approximate surface area is 332 Å². The number of thiophene rings is 1. The molecule has 2 aliphatic rings. The maximum Gasteiger partial charge on any atom is 0.164 e. The molecule has 0 amide bonds. The molecule has 5 heteroatoms. The minimum atomic E-state index is 0.0869. The Hall–Kier alpha value is -6.56. The first-order valence-corrected chi connectivity index (χ1v) is 20.8. The van der Waals surface area contributed by atoms with E-state index in [-0.39, 0.29) is 5.41 Å². The molecule has 11 aromatic rings. The van der Waals surface area contributed by atoms with E-state index in [1.54, 1.807) is 11.3 Å². The summed E-state index contributed by atoms with van der Waals surface area (Å²) in [6.45, 7) is 0. The van der Waals surface area contributed by atoms with Gasteiger partial charge in [0.15, 0.2) is 5.82 Å². The largest absolute Gasteiger partial charge is 0.456 e. The van der Waals surface area contributed by atoms with E-state index < -0.39 is 0 Å². The highest BCUT2D eigenvalue weighted by atomic mass is 32.1. The average molecular weight is 751 g/mol. The maximum absolute atomic E-state index is 7.13. The molecule has 0 aliphatic heterocycles. The Balaban J connectivity index is 1.04. The Morgan fingerprint density at radius 1 is 0.491 bits per heavy atom. The summed E-state index contributed by atoms with van der Waals surface area (Å²) in [5, 5.41) is 5.49. The zero-order valence-electron chi connectivity index (χ0n) is 31.0. The molecule has 270 valence electrons. The predicted octanol–water partition coefficient (Wildman–Crippen LogP) is 14.9. The smallest absolute Gasteiger partial charge is 0.164 e. The number of benzene rings is 7. The average Bonchev–Trinajstić information content (AvgIpc) is 4.02. The van der Waals surface area contributed by atoms with Gasteiger partial charge in [0.25, 0.3) is 0 Å². The molecule has 1 fully saturated rings. The van der Waals surface area contributed by atoms with Gasteiger partial charge in [-0.05, 0) is 71.0 Å². The van der Waals surface area contributed by atoms with Crippen molar-refractivity contribution in [2.24, 2.45) is 0 Å². The normalized spacial score (nSPS) is 14.8. The second kappa shape index (κ2) is 11.7. The molecule has 0 saturated heterocycles. The molecule has 0 unspecified atom stereocenters. The van der Waals surface area contributed by atoms with Crippen LogP contribution in [0.3, 0.4) is 0 Å². The Bertz CT molecular complexity index is 3470. The van der Waals surface area contributed by atoms with Gasteiger partial charge in [0, 0.05) is 48.2 Å². The number of hydrogen-bond donors (Lipinski definition) is 0. The Morgan fingerprint density at radius 2 is 1.16 bits per heavy atom. The molecule has 2 aliphatic carbocycles. The van der Waals surface area contributed by atoms with Crippen molar-refractivity contribution in [3.05, 3.63) is 157 Å². The molecule has 0 N–H and O–H groups in total. The van der Waals surface area contributed by atoms with Crippen molar-refractivity contribution in [3.8, 4) is 44.9 Å². The van der Waals surface area contributed by atoms with E-state index in [1.165, 1.54) is 64.6 Å². The van der Waals surface area contributed by atoms with Gasteiger partial charge in [-0.3, -0.25) is 0 Å². The van der Waals surface area contributed by atoms with Crippen LogP contribution in [0.15, 0.2) is 154 Å². The van der Waals surface area contributed by atoms with Crippen molar-refractivity contribution in [1.29, 1.82) is 0 Å². The molecule has 1 spiro atoms. The fourth-order valence-electron chi connectivity index (χ4n) is 10.4. The summed E-state index contributed by atoms with van der Waals surface area (Å²) in [7, 11) is 0. The molecule has 1 saturated carbocycles.